The topological polar surface area (TPSA) is 61.8 Å². The van der Waals surface area contributed by atoms with Crippen LogP contribution >= 0.6 is 0 Å². The van der Waals surface area contributed by atoms with Crippen molar-refractivity contribution in [3.8, 4) is 0 Å². The maximum absolute atomic E-state index is 10.8. The van der Waals surface area contributed by atoms with Crippen molar-refractivity contribution in [3.63, 3.8) is 0 Å². The zero-order chi connectivity index (χ0) is 12.6. The van der Waals surface area contributed by atoms with Crippen molar-refractivity contribution in [2.24, 2.45) is 0 Å². The fourth-order valence-corrected chi connectivity index (χ4v) is 1.55. The van der Waals surface area contributed by atoms with Crippen molar-refractivity contribution in [2.45, 2.75) is 25.4 Å². The lowest BCUT2D eigenvalue weighted by Gasteiger charge is -2.27. The predicted octanol–water partition coefficient (Wildman–Crippen LogP) is -0.158. The molecule has 2 N–H and O–H groups in total. The Hall–Kier alpha value is -0.650. The predicted molar refractivity (Wildman–Crippen MR) is 63.3 cm³/mol. The van der Waals surface area contributed by atoms with Crippen molar-refractivity contribution >= 4 is 5.97 Å². The average molecular weight is 232 g/mol. The molecule has 0 aromatic carbocycles. The Morgan fingerprint density at radius 3 is 2.62 bits per heavy atom. The summed E-state index contributed by atoms with van der Waals surface area (Å²) in [6, 6.07) is 0. The van der Waals surface area contributed by atoms with E-state index < -0.39 is 5.60 Å². The number of carbonyl (C=O) groups excluding carboxylic acids is 1. The first-order valence-electron chi connectivity index (χ1n) is 5.52. The Kier molecular flexibility index (Phi) is 7.29. The number of methoxy groups -OCH3 is 1. The number of nitrogens with one attached hydrogen (secondary N) is 1. The van der Waals surface area contributed by atoms with Crippen LogP contribution in [0.1, 0.15) is 19.8 Å². The van der Waals surface area contributed by atoms with Gasteiger partial charge in [0.1, 0.15) is 0 Å². The molecule has 0 fully saturated rings. The molecule has 0 spiro atoms. The van der Waals surface area contributed by atoms with Gasteiger partial charge in [-0.05, 0) is 34.0 Å². The monoisotopic (exact) mass is 232 g/mol. The van der Waals surface area contributed by atoms with E-state index in [1.165, 1.54) is 7.11 Å². The molecule has 16 heavy (non-hydrogen) atoms. The first-order chi connectivity index (χ1) is 7.37. The van der Waals surface area contributed by atoms with Crippen LogP contribution in [-0.2, 0) is 9.53 Å². The summed E-state index contributed by atoms with van der Waals surface area (Å²) in [5.74, 6) is -0.193. The van der Waals surface area contributed by atoms with Gasteiger partial charge in [0.25, 0.3) is 0 Å². The van der Waals surface area contributed by atoms with Gasteiger partial charge in [-0.3, -0.25) is 4.79 Å². The van der Waals surface area contributed by atoms with Crippen LogP contribution < -0.4 is 5.32 Å². The minimum atomic E-state index is -0.741. The molecule has 0 aliphatic carbocycles. The molecule has 1 atom stereocenters. The summed E-state index contributed by atoms with van der Waals surface area (Å²) >= 11 is 0. The van der Waals surface area contributed by atoms with Gasteiger partial charge in [-0.2, -0.15) is 0 Å². The molecular weight excluding hydrogens is 208 g/mol. The molecule has 0 saturated carbocycles. The number of likely N-dealkylation sites (N-methyl/N-ethyl adjacent to an activating group) is 1. The minimum absolute atomic E-state index is 0.193. The molecule has 96 valence electrons. The smallest absolute Gasteiger partial charge is 0.305 e. The molecule has 5 nitrogen and oxygen atoms in total. The van der Waals surface area contributed by atoms with Crippen LogP contribution in [0.4, 0.5) is 0 Å². The van der Waals surface area contributed by atoms with E-state index in [4.69, 9.17) is 0 Å². The van der Waals surface area contributed by atoms with Crippen molar-refractivity contribution in [1.29, 1.82) is 0 Å². The molecule has 0 aliphatic rings. The quantitative estimate of drug-likeness (QED) is 0.450. The summed E-state index contributed by atoms with van der Waals surface area (Å²) in [5, 5.41) is 13.1. The molecule has 0 aliphatic heterocycles. The lowest BCUT2D eigenvalue weighted by Crippen LogP contribution is -2.45. The van der Waals surface area contributed by atoms with Gasteiger partial charge in [-0.15, -0.1) is 0 Å². The molecule has 5 heteroatoms. The fraction of sp³-hybridized carbons (Fsp3) is 0.909. The largest absolute Gasteiger partial charge is 0.469 e. The van der Waals surface area contributed by atoms with E-state index in [0.29, 0.717) is 26.1 Å². The van der Waals surface area contributed by atoms with Gasteiger partial charge in [0, 0.05) is 19.5 Å². The van der Waals surface area contributed by atoms with Crippen LogP contribution in [-0.4, -0.2) is 62.4 Å². The first-order valence-corrected chi connectivity index (χ1v) is 5.52. The van der Waals surface area contributed by atoms with Gasteiger partial charge in [-0.25, -0.2) is 0 Å². The maximum atomic E-state index is 10.8. The number of ether oxygens (including phenoxy) is 1. The molecule has 0 aromatic rings. The molecule has 0 radical (unpaired) electrons. The lowest BCUT2D eigenvalue weighted by atomic mass is 10.1. The Balaban J connectivity index is 3.54. The van der Waals surface area contributed by atoms with E-state index in [2.05, 4.69) is 10.1 Å². The highest BCUT2D eigenvalue weighted by Gasteiger charge is 2.20. The molecule has 0 rings (SSSR count). The Labute approximate surface area is 97.8 Å². The summed E-state index contributed by atoms with van der Waals surface area (Å²) < 4.78 is 4.53. The third kappa shape index (κ3) is 8.64. The molecule has 0 heterocycles. The van der Waals surface area contributed by atoms with Crippen LogP contribution in [0.15, 0.2) is 0 Å². The van der Waals surface area contributed by atoms with Gasteiger partial charge in [0.15, 0.2) is 0 Å². The number of aliphatic hydroxyl groups is 1. The van der Waals surface area contributed by atoms with Crippen LogP contribution in [0.3, 0.4) is 0 Å². The molecule has 0 amide bonds. The maximum Gasteiger partial charge on any atom is 0.305 e. The summed E-state index contributed by atoms with van der Waals surface area (Å²) in [5.41, 5.74) is -0.741. The summed E-state index contributed by atoms with van der Waals surface area (Å²) in [6.07, 6.45) is 1.14. The van der Waals surface area contributed by atoms with Crippen LogP contribution in [0.2, 0.25) is 0 Å². The van der Waals surface area contributed by atoms with Crippen molar-refractivity contribution in [3.05, 3.63) is 0 Å². The Bertz CT molecular complexity index is 205. The summed E-state index contributed by atoms with van der Waals surface area (Å²) in [4.78, 5) is 12.8. The SMILES string of the molecule is COC(=O)CCCNCC(C)(O)CN(C)C. The Morgan fingerprint density at radius 2 is 2.12 bits per heavy atom. The second-order valence-corrected chi connectivity index (χ2v) is 4.59. The zero-order valence-corrected chi connectivity index (χ0v) is 10.7. The normalized spacial score (nSPS) is 14.9. The fourth-order valence-electron chi connectivity index (χ4n) is 1.55. The number of esters is 1. The number of carbonyl (C=O) groups is 1. The van der Waals surface area contributed by atoms with E-state index in [1.54, 1.807) is 6.92 Å². The van der Waals surface area contributed by atoms with Crippen molar-refractivity contribution in [2.75, 3.05) is 40.8 Å². The number of hydrogen-bond acceptors (Lipinski definition) is 5. The molecule has 0 saturated heterocycles. The van der Waals surface area contributed by atoms with Crippen LogP contribution in [0.25, 0.3) is 0 Å². The zero-order valence-electron chi connectivity index (χ0n) is 10.7. The first kappa shape index (κ1) is 15.3. The van der Waals surface area contributed by atoms with Gasteiger partial charge in [-0.1, -0.05) is 0 Å². The van der Waals surface area contributed by atoms with E-state index in [0.717, 1.165) is 6.42 Å². The number of nitrogens with zero attached hydrogens (tertiary/aromatic N) is 1. The van der Waals surface area contributed by atoms with Gasteiger partial charge in [0.05, 0.1) is 12.7 Å². The molecule has 1 unspecified atom stereocenters. The van der Waals surface area contributed by atoms with Crippen LogP contribution in [0.5, 0.6) is 0 Å². The van der Waals surface area contributed by atoms with Crippen LogP contribution in [0, 0.1) is 0 Å². The summed E-state index contributed by atoms with van der Waals surface area (Å²) in [6.45, 7) is 3.63. The lowest BCUT2D eigenvalue weighted by molar-refractivity contribution is -0.140. The van der Waals surface area contributed by atoms with Gasteiger partial charge in [0.2, 0.25) is 0 Å². The highest BCUT2D eigenvalue weighted by Crippen LogP contribution is 2.02. The number of rotatable bonds is 8. The highest BCUT2D eigenvalue weighted by atomic mass is 16.5. The Morgan fingerprint density at radius 1 is 1.50 bits per heavy atom. The van der Waals surface area contributed by atoms with Gasteiger partial charge >= 0.3 is 5.97 Å². The average Bonchev–Trinajstić information content (AvgIpc) is 2.14. The van der Waals surface area contributed by atoms with E-state index in [1.807, 2.05) is 19.0 Å². The number of hydrogen-bond donors (Lipinski definition) is 2. The minimum Gasteiger partial charge on any atom is -0.469 e. The second-order valence-electron chi connectivity index (χ2n) is 4.59. The second kappa shape index (κ2) is 7.60. The standard InChI is InChI=1S/C11H24N2O3/c1-11(15,9-13(2)3)8-12-7-5-6-10(14)16-4/h12,15H,5-9H2,1-4H3. The third-order valence-corrected chi connectivity index (χ3v) is 2.12. The van der Waals surface area contributed by atoms with Gasteiger partial charge < -0.3 is 20.1 Å². The molecule has 0 aromatic heterocycles. The van der Waals surface area contributed by atoms with E-state index >= 15 is 0 Å². The van der Waals surface area contributed by atoms with E-state index in [-0.39, 0.29) is 5.97 Å². The third-order valence-electron chi connectivity index (χ3n) is 2.12. The summed E-state index contributed by atoms with van der Waals surface area (Å²) in [7, 11) is 5.23. The van der Waals surface area contributed by atoms with Crippen molar-refractivity contribution in [1.82, 2.24) is 10.2 Å². The van der Waals surface area contributed by atoms with Crippen molar-refractivity contribution < 1.29 is 14.6 Å². The molecular formula is C11H24N2O3. The van der Waals surface area contributed by atoms with E-state index in [9.17, 15) is 9.90 Å². The molecule has 0 bridgehead atoms. The highest BCUT2D eigenvalue weighted by molar-refractivity contribution is 5.69.